The zero-order chi connectivity index (χ0) is 15.3. The van der Waals surface area contributed by atoms with E-state index in [0.717, 1.165) is 12.8 Å². The van der Waals surface area contributed by atoms with E-state index < -0.39 is 0 Å². The van der Waals surface area contributed by atoms with Crippen molar-refractivity contribution in [1.29, 1.82) is 0 Å². The third-order valence-electron chi connectivity index (χ3n) is 3.71. The van der Waals surface area contributed by atoms with Gasteiger partial charge in [-0.1, -0.05) is 104 Å². The second-order valence-corrected chi connectivity index (χ2v) is 5.95. The third kappa shape index (κ3) is 45.3. The van der Waals surface area contributed by atoms with Gasteiger partial charge in [-0.25, -0.2) is 0 Å². The minimum atomic E-state index is 0. The number of unbranched alkanes of at least 4 members (excludes halogenated alkanes) is 14. The maximum Gasteiger partial charge on any atom is 1.00 e. The first-order valence-electron chi connectivity index (χ1n) is 9.41. The molecule has 0 aliphatic rings. The fourth-order valence-electron chi connectivity index (χ4n) is 2.27. The van der Waals surface area contributed by atoms with Crippen molar-refractivity contribution in [3.05, 3.63) is 13.8 Å². The van der Waals surface area contributed by atoms with E-state index in [4.69, 9.17) is 0 Å². The smallest absolute Gasteiger partial charge is 0.343 e. The maximum absolute atomic E-state index is 3.82. The molecule has 0 unspecified atom stereocenters. The van der Waals surface area contributed by atoms with Crippen molar-refractivity contribution in [2.45, 2.75) is 117 Å². The topological polar surface area (TPSA) is 0 Å². The van der Waals surface area contributed by atoms with Crippen LogP contribution in [0.5, 0.6) is 0 Å². The summed E-state index contributed by atoms with van der Waals surface area (Å²) >= 11 is 0. The molecular weight excluding hydrogens is 318 g/mol. The summed E-state index contributed by atoms with van der Waals surface area (Å²) in [4.78, 5) is 0. The second kappa shape index (κ2) is 39.0. The Bertz CT molecular complexity index is 112. The largest absolute Gasteiger partial charge is 1.00 e. The van der Waals surface area contributed by atoms with Gasteiger partial charge in [-0.15, -0.1) is 0 Å². The Labute approximate surface area is 184 Å². The molecule has 0 amide bonds. The van der Waals surface area contributed by atoms with E-state index in [1.54, 1.807) is 0 Å². The minimum Gasteiger partial charge on any atom is -0.343 e. The average Bonchev–Trinajstić information content (AvgIpc) is 2.47. The zero-order valence-electron chi connectivity index (χ0n) is 17.0. The van der Waals surface area contributed by atoms with Crippen LogP contribution >= 0.6 is 0 Å². The summed E-state index contributed by atoms with van der Waals surface area (Å²) in [5, 5.41) is 0. The Kier molecular flexibility index (Phi) is 60.6. The number of hydrogen-bond donors (Lipinski definition) is 0. The summed E-state index contributed by atoms with van der Waals surface area (Å²) in [7, 11) is 0. The van der Waals surface area contributed by atoms with Gasteiger partial charge in [-0.3, -0.25) is 0 Å². The van der Waals surface area contributed by atoms with E-state index in [2.05, 4.69) is 27.7 Å². The molecular formula is C20H42CuLi2. The molecule has 0 aliphatic carbocycles. The van der Waals surface area contributed by atoms with Gasteiger partial charge in [0.1, 0.15) is 0 Å². The molecule has 0 N–H and O–H groups in total. The van der Waals surface area contributed by atoms with Gasteiger partial charge in [0.2, 0.25) is 0 Å². The van der Waals surface area contributed by atoms with Crippen LogP contribution < -0.4 is 37.7 Å². The van der Waals surface area contributed by atoms with Gasteiger partial charge in [0.25, 0.3) is 0 Å². The average molecular weight is 360 g/mol. The molecule has 0 aromatic rings. The van der Waals surface area contributed by atoms with E-state index >= 15 is 0 Å². The molecule has 0 saturated carbocycles. The molecule has 0 fully saturated rings. The van der Waals surface area contributed by atoms with Crippen LogP contribution in [0.25, 0.3) is 0 Å². The molecule has 1 radical (unpaired) electrons. The Morgan fingerprint density at radius 3 is 0.870 bits per heavy atom. The van der Waals surface area contributed by atoms with Gasteiger partial charge in [-0.2, -0.15) is 12.8 Å². The van der Waals surface area contributed by atoms with Crippen molar-refractivity contribution in [2.24, 2.45) is 0 Å². The summed E-state index contributed by atoms with van der Waals surface area (Å²) in [6.07, 6.45) is 21.8. The standard InChI is InChI=1S/2C10H21.Cu.2Li/c2*1-3-5-7-9-10-8-6-4-2;;;/h2*1,3-10H2,2H3;;;/q2*-1;;2*+1. The molecule has 0 aliphatic heterocycles. The van der Waals surface area contributed by atoms with Crippen LogP contribution in [0.4, 0.5) is 0 Å². The minimum absolute atomic E-state index is 0. The molecule has 3 heteroatoms. The molecule has 0 atom stereocenters. The normalized spacial score (nSPS) is 8.87. The fraction of sp³-hybridized carbons (Fsp3) is 0.900. The van der Waals surface area contributed by atoms with Crippen LogP contribution in [-0.4, -0.2) is 0 Å². The third-order valence-corrected chi connectivity index (χ3v) is 3.71. The van der Waals surface area contributed by atoms with Gasteiger partial charge in [0.05, 0.1) is 0 Å². The summed E-state index contributed by atoms with van der Waals surface area (Å²) in [5.41, 5.74) is 0. The van der Waals surface area contributed by atoms with Crippen molar-refractivity contribution < 1.29 is 54.8 Å². The van der Waals surface area contributed by atoms with Crippen molar-refractivity contribution >= 4 is 0 Å². The molecule has 0 rings (SSSR count). The van der Waals surface area contributed by atoms with Crippen LogP contribution in [-0.2, 0) is 17.1 Å². The maximum atomic E-state index is 3.82. The summed E-state index contributed by atoms with van der Waals surface area (Å²) in [6.45, 7) is 12.2. The van der Waals surface area contributed by atoms with Gasteiger partial charge >= 0.3 is 37.7 Å². The van der Waals surface area contributed by atoms with Crippen LogP contribution in [0.15, 0.2) is 0 Å². The Morgan fingerprint density at radius 2 is 0.652 bits per heavy atom. The first kappa shape index (κ1) is 35.8. The van der Waals surface area contributed by atoms with E-state index in [1.807, 2.05) is 0 Å². The summed E-state index contributed by atoms with van der Waals surface area (Å²) in [6, 6.07) is 0. The molecule has 0 aromatic heterocycles. The van der Waals surface area contributed by atoms with Crippen molar-refractivity contribution in [3.8, 4) is 0 Å². The first-order valence-corrected chi connectivity index (χ1v) is 9.41. The van der Waals surface area contributed by atoms with Crippen LogP contribution in [0.3, 0.4) is 0 Å². The SMILES string of the molecule is [CH2-]CCCCCCCCC.[CH2-]CCCCCCCCC.[Cu].[Li+].[Li+]. The van der Waals surface area contributed by atoms with Crippen LogP contribution in [0, 0.1) is 13.8 Å². The number of rotatable bonds is 14. The van der Waals surface area contributed by atoms with E-state index in [-0.39, 0.29) is 54.8 Å². The van der Waals surface area contributed by atoms with Gasteiger partial charge in [-0.05, 0) is 0 Å². The monoisotopic (exact) mass is 359 g/mol. The number of hydrogen-bond acceptors (Lipinski definition) is 0. The predicted molar refractivity (Wildman–Crippen MR) is 95.9 cm³/mol. The van der Waals surface area contributed by atoms with E-state index in [9.17, 15) is 0 Å². The molecule has 135 valence electrons. The van der Waals surface area contributed by atoms with Crippen LogP contribution in [0.1, 0.15) is 117 Å². The fourth-order valence-corrected chi connectivity index (χ4v) is 2.27. The first-order chi connectivity index (χ1) is 9.83. The molecule has 0 nitrogen and oxygen atoms in total. The molecule has 23 heavy (non-hydrogen) atoms. The quantitative estimate of drug-likeness (QED) is 0.252. The molecule has 0 bridgehead atoms. The van der Waals surface area contributed by atoms with Gasteiger partial charge in [0.15, 0.2) is 0 Å². The summed E-state index contributed by atoms with van der Waals surface area (Å²) in [5.74, 6) is 0. The molecule has 0 spiro atoms. The van der Waals surface area contributed by atoms with Crippen molar-refractivity contribution in [3.63, 3.8) is 0 Å². The molecule has 0 saturated heterocycles. The zero-order valence-corrected chi connectivity index (χ0v) is 18.0. The van der Waals surface area contributed by atoms with Gasteiger partial charge < -0.3 is 13.8 Å². The van der Waals surface area contributed by atoms with Crippen molar-refractivity contribution in [1.82, 2.24) is 0 Å². The Hall–Kier alpha value is 1.71. The van der Waals surface area contributed by atoms with Gasteiger partial charge in [0, 0.05) is 17.1 Å². The summed E-state index contributed by atoms with van der Waals surface area (Å²) < 4.78 is 0. The molecule has 0 heterocycles. The predicted octanol–water partition coefficient (Wildman–Crippen LogP) is 1.93. The second-order valence-electron chi connectivity index (χ2n) is 5.95. The molecule has 0 aromatic carbocycles. The van der Waals surface area contributed by atoms with E-state index in [0.29, 0.717) is 0 Å². The van der Waals surface area contributed by atoms with E-state index in [1.165, 1.54) is 89.9 Å². The Morgan fingerprint density at radius 1 is 0.435 bits per heavy atom. The van der Waals surface area contributed by atoms with Crippen molar-refractivity contribution in [2.75, 3.05) is 0 Å². The Balaban J connectivity index is -0.0000000831. The van der Waals surface area contributed by atoms with Crippen LogP contribution in [0.2, 0.25) is 0 Å².